The zero-order valence-corrected chi connectivity index (χ0v) is 15.7. The van der Waals surface area contributed by atoms with Crippen molar-refractivity contribution < 1.29 is 14.3 Å². The second-order valence-electron chi connectivity index (χ2n) is 6.01. The van der Waals surface area contributed by atoms with Crippen molar-refractivity contribution in [3.05, 3.63) is 77.6 Å². The van der Waals surface area contributed by atoms with Crippen molar-refractivity contribution >= 4 is 17.9 Å². The number of rotatable bonds is 6. The summed E-state index contributed by atoms with van der Waals surface area (Å²) in [6.07, 6.45) is 3.81. The molecule has 0 bridgehead atoms. The minimum Gasteiger partial charge on any atom is -0.497 e. The van der Waals surface area contributed by atoms with Gasteiger partial charge in [0.25, 0.3) is 0 Å². The first-order valence-electron chi connectivity index (χ1n) is 8.75. The summed E-state index contributed by atoms with van der Waals surface area (Å²) in [7, 11) is 1.65. The molecule has 0 radical (unpaired) electrons. The van der Waals surface area contributed by atoms with E-state index in [9.17, 15) is 4.79 Å². The van der Waals surface area contributed by atoms with Gasteiger partial charge in [0.2, 0.25) is 0 Å². The fourth-order valence-corrected chi connectivity index (χ4v) is 2.77. The van der Waals surface area contributed by atoms with E-state index in [2.05, 4.69) is 15.6 Å². The second kappa shape index (κ2) is 8.36. The van der Waals surface area contributed by atoms with E-state index in [0.29, 0.717) is 17.9 Å². The van der Waals surface area contributed by atoms with Gasteiger partial charge in [0.15, 0.2) is 0 Å². The molecular weight excluding hydrogens is 340 g/mol. The Labute approximate surface area is 158 Å². The van der Waals surface area contributed by atoms with Crippen molar-refractivity contribution in [3.8, 4) is 11.4 Å². The number of carbonyl (C=O) groups excluding carboxylic acids is 1. The van der Waals surface area contributed by atoms with Crippen LogP contribution in [-0.4, -0.2) is 30.5 Å². The fraction of sp³-hybridized carbons (Fsp3) is 0.182. The number of aliphatic imine (C=N–C) groups is 1. The summed E-state index contributed by atoms with van der Waals surface area (Å²) in [5.41, 5.74) is 4.33. The summed E-state index contributed by atoms with van der Waals surface area (Å²) in [6.45, 7) is 4.18. The van der Waals surface area contributed by atoms with E-state index in [-0.39, 0.29) is 5.97 Å². The summed E-state index contributed by atoms with van der Waals surface area (Å²) in [4.78, 5) is 16.3. The van der Waals surface area contributed by atoms with E-state index in [1.807, 2.05) is 43.5 Å². The molecule has 0 aliphatic heterocycles. The van der Waals surface area contributed by atoms with E-state index in [1.54, 1.807) is 38.4 Å². The lowest BCUT2D eigenvalue weighted by molar-refractivity contribution is 0.0526. The quantitative estimate of drug-likeness (QED) is 0.471. The maximum atomic E-state index is 11.8. The van der Waals surface area contributed by atoms with Gasteiger partial charge in [-0.2, -0.15) is 0 Å². The molecule has 2 aromatic carbocycles. The molecule has 0 fully saturated rings. The average molecular weight is 362 g/mol. The van der Waals surface area contributed by atoms with Crippen LogP contribution in [0.25, 0.3) is 5.69 Å². The number of carbonyl (C=O) groups is 1. The van der Waals surface area contributed by atoms with Crippen LogP contribution in [-0.2, 0) is 4.74 Å². The van der Waals surface area contributed by atoms with Gasteiger partial charge in [0.1, 0.15) is 5.75 Å². The Hall–Kier alpha value is -3.34. The van der Waals surface area contributed by atoms with E-state index < -0.39 is 0 Å². The molecule has 5 nitrogen and oxygen atoms in total. The smallest absolute Gasteiger partial charge is 0.338 e. The number of benzene rings is 2. The van der Waals surface area contributed by atoms with Crippen molar-refractivity contribution in [2.45, 2.75) is 13.8 Å². The Balaban J connectivity index is 1.80. The third-order valence-electron chi connectivity index (χ3n) is 4.10. The predicted molar refractivity (Wildman–Crippen MR) is 107 cm³/mol. The summed E-state index contributed by atoms with van der Waals surface area (Å²) < 4.78 is 12.3. The number of hydrogen-bond acceptors (Lipinski definition) is 4. The molecule has 0 amide bonds. The summed E-state index contributed by atoms with van der Waals surface area (Å²) in [6, 6.07) is 17.0. The van der Waals surface area contributed by atoms with Crippen LogP contribution in [0.5, 0.6) is 5.75 Å². The minimum absolute atomic E-state index is 0.337. The number of hydrogen-bond donors (Lipinski definition) is 0. The van der Waals surface area contributed by atoms with Gasteiger partial charge in [-0.15, -0.1) is 0 Å². The first kappa shape index (κ1) is 18.5. The molecule has 0 unspecified atom stereocenters. The Morgan fingerprint density at radius 1 is 1.15 bits per heavy atom. The number of nitrogens with zero attached hydrogens (tertiary/aromatic N) is 2. The lowest BCUT2D eigenvalue weighted by Crippen LogP contribution is -2.03. The topological polar surface area (TPSA) is 52.8 Å². The standard InChI is InChI=1S/C22H22N2O3/c1-4-27-22(25)18-6-5-7-19(13-18)23-14-17-12-16(2)24(15-17)20-8-10-21(26-3)11-9-20/h5-15H,4H2,1-3H3. The van der Waals surface area contributed by atoms with Gasteiger partial charge < -0.3 is 14.0 Å². The van der Waals surface area contributed by atoms with Gasteiger partial charge in [-0.25, -0.2) is 4.79 Å². The maximum Gasteiger partial charge on any atom is 0.338 e. The summed E-state index contributed by atoms with van der Waals surface area (Å²) >= 11 is 0. The van der Waals surface area contributed by atoms with Crippen molar-refractivity contribution in [1.29, 1.82) is 0 Å². The molecule has 3 rings (SSSR count). The highest BCUT2D eigenvalue weighted by Crippen LogP contribution is 2.19. The van der Waals surface area contributed by atoms with Gasteiger partial charge in [-0.05, 0) is 62.4 Å². The molecule has 1 heterocycles. The third kappa shape index (κ3) is 4.44. The number of aryl methyl sites for hydroxylation is 1. The van der Waals surface area contributed by atoms with E-state index in [0.717, 1.165) is 22.7 Å². The van der Waals surface area contributed by atoms with E-state index >= 15 is 0 Å². The fourth-order valence-electron chi connectivity index (χ4n) is 2.77. The number of aromatic nitrogens is 1. The maximum absolute atomic E-state index is 11.8. The number of esters is 1. The molecule has 0 aliphatic rings. The Kier molecular flexibility index (Phi) is 5.71. The molecule has 3 aromatic rings. The molecule has 5 heteroatoms. The molecule has 0 atom stereocenters. The highest BCUT2D eigenvalue weighted by molar-refractivity contribution is 5.91. The normalized spacial score (nSPS) is 10.9. The van der Waals surface area contributed by atoms with E-state index in [4.69, 9.17) is 9.47 Å². The number of methoxy groups -OCH3 is 1. The third-order valence-corrected chi connectivity index (χ3v) is 4.10. The molecule has 0 saturated heterocycles. The largest absolute Gasteiger partial charge is 0.497 e. The molecule has 0 aliphatic carbocycles. The first-order valence-corrected chi connectivity index (χ1v) is 8.75. The van der Waals surface area contributed by atoms with Crippen molar-refractivity contribution in [2.24, 2.45) is 4.99 Å². The molecule has 0 saturated carbocycles. The Morgan fingerprint density at radius 2 is 1.93 bits per heavy atom. The van der Waals surface area contributed by atoms with Gasteiger partial charge in [-0.3, -0.25) is 4.99 Å². The van der Waals surface area contributed by atoms with Crippen LogP contribution in [0.4, 0.5) is 5.69 Å². The summed E-state index contributed by atoms with van der Waals surface area (Å²) in [5, 5.41) is 0. The van der Waals surface area contributed by atoms with Crippen LogP contribution in [0, 0.1) is 6.92 Å². The van der Waals surface area contributed by atoms with Gasteiger partial charge >= 0.3 is 5.97 Å². The second-order valence-corrected chi connectivity index (χ2v) is 6.01. The zero-order chi connectivity index (χ0) is 19.2. The highest BCUT2D eigenvalue weighted by Gasteiger charge is 2.07. The monoisotopic (exact) mass is 362 g/mol. The Bertz CT molecular complexity index is 956. The SMILES string of the molecule is CCOC(=O)c1cccc(N=Cc2cc(C)n(-c3ccc(OC)cc3)c2)c1. The predicted octanol–water partition coefficient (Wildman–Crippen LogP) is 4.72. The lowest BCUT2D eigenvalue weighted by Gasteiger charge is -2.06. The van der Waals surface area contributed by atoms with Gasteiger partial charge in [0.05, 0.1) is 25.0 Å². The number of ether oxygens (including phenoxy) is 2. The molecule has 0 N–H and O–H groups in total. The highest BCUT2D eigenvalue weighted by atomic mass is 16.5. The van der Waals surface area contributed by atoms with Crippen LogP contribution in [0.2, 0.25) is 0 Å². The molecule has 0 spiro atoms. The van der Waals surface area contributed by atoms with Crippen LogP contribution in [0.1, 0.15) is 28.5 Å². The van der Waals surface area contributed by atoms with Crippen molar-refractivity contribution in [3.63, 3.8) is 0 Å². The Morgan fingerprint density at radius 3 is 2.63 bits per heavy atom. The van der Waals surface area contributed by atoms with Crippen LogP contribution in [0.3, 0.4) is 0 Å². The van der Waals surface area contributed by atoms with Crippen LogP contribution in [0.15, 0.2) is 65.8 Å². The molecular formula is C22H22N2O3. The molecule has 138 valence electrons. The van der Waals surface area contributed by atoms with E-state index in [1.165, 1.54) is 0 Å². The van der Waals surface area contributed by atoms with Crippen LogP contribution < -0.4 is 4.74 Å². The van der Waals surface area contributed by atoms with Gasteiger partial charge in [0, 0.05) is 29.4 Å². The molecule has 1 aromatic heterocycles. The average Bonchev–Trinajstić information content (AvgIpc) is 3.07. The minimum atomic E-state index is -0.337. The van der Waals surface area contributed by atoms with Gasteiger partial charge in [-0.1, -0.05) is 6.07 Å². The van der Waals surface area contributed by atoms with Crippen molar-refractivity contribution in [1.82, 2.24) is 4.57 Å². The van der Waals surface area contributed by atoms with Crippen molar-refractivity contribution in [2.75, 3.05) is 13.7 Å². The van der Waals surface area contributed by atoms with Crippen LogP contribution >= 0.6 is 0 Å². The molecule has 27 heavy (non-hydrogen) atoms. The summed E-state index contributed by atoms with van der Waals surface area (Å²) in [5.74, 6) is 0.489. The lowest BCUT2D eigenvalue weighted by atomic mass is 10.2. The first-order chi connectivity index (χ1) is 13.1. The zero-order valence-electron chi connectivity index (χ0n) is 15.7.